The van der Waals surface area contributed by atoms with Crippen LogP contribution in [-0.4, -0.2) is 15.1 Å². The summed E-state index contributed by atoms with van der Waals surface area (Å²) in [5.41, 5.74) is 9.55. The first-order valence-corrected chi connectivity index (χ1v) is 7.99. The highest BCUT2D eigenvalue weighted by molar-refractivity contribution is 7.17. The molecule has 104 valence electrons. The number of hydrogen-bond acceptors (Lipinski definition) is 7. The zero-order valence-electron chi connectivity index (χ0n) is 11.0. The molecule has 2 N–H and O–H groups in total. The molecule has 0 aliphatic heterocycles. The molecule has 0 fully saturated rings. The van der Waals surface area contributed by atoms with E-state index in [0.717, 1.165) is 26.2 Å². The molecular weight excluding hydrogens is 304 g/mol. The molecular formula is C14H10N4OS2. The highest BCUT2D eigenvalue weighted by Crippen LogP contribution is 2.34. The molecule has 0 radical (unpaired) electrons. The van der Waals surface area contributed by atoms with Gasteiger partial charge in [-0.3, -0.25) is 4.98 Å². The molecule has 0 saturated heterocycles. The average Bonchev–Trinajstić information content (AvgIpc) is 3.19. The van der Waals surface area contributed by atoms with E-state index in [0.29, 0.717) is 17.4 Å². The molecule has 0 spiro atoms. The molecule has 4 aromatic rings. The summed E-state index contributed by atoms with van der Waals surface area (Å²) in [6.45, 7) is 1.96. The van der Waals surface area contributed by atoms with E-state index in [2.05, 4.69) is 15.1 Å². The smallest absolute Gasteiger partial charge is 0.270 e. The Balaban J connectivity index is 1.78. The monoisotopic (exact) mass is 314 g/mol. The Hall–Kier alpha value is -2.25. The maximum atomic E-state index is 6.02. The van der Waals surface area contributed by atoms with Crippen LogP contribution in [0.5, 0.6) is 0 Å². The highest BCUT2D eigenvalue weighted by Gasteiger charge is 2.16. The summed E-state index contributed by atoms with van der Waals surface area (Å²) in [7, 11) is 0. The van der Waals surface area contributed by atoms with Crippen molar-refractivity contribution < 1.29 is 4.52 Å². The van der Waals surface area contributed by atoms with Crippen molar-refractivity contribution in [2.45, 2.75) is 6.92 Å². The fraction of sp³-hybridized carbons (Fsp3) is 0.0714. The lowest BCUT2D eigenvalue weighted by Crippen LogP contribution is -1.87. The number of nitrogen functional groups attached to an aromatic ring is 1. The van der Waals surface area contributed by atoms with Crippen molar-refractivity contribution >= 4 is 38.6 Å². The van der Waals surface area contributed by atoms with Crippen LogP contribution in [0.3, 0.4) is 0 Å². The van der Waals surface area contributed by atoms with Crippen molar-refractivity contribution in [1.29, 1.82) is 0 Å². The third-order valence-corrected chi connectivity index (χ3v) is 5.16. The minimum Gasteiger partial charge on any atom is -0.397 e. The Morgan fingerprint density at radius 1 is 1.29 bits per heavy atom. The van der Waals surface area contributed by atoms with E-state index in [1.807, 2.05) is 29.8 Å². The Bertz CT molecular complexity index is 937. The molecule has 21 heavy (non-hydrogen) atoms. The number of thiophene rings is 2. The number of pyridine rings is 1. The fourth-order valence-corrected chi connectivity index (χ4v) is 3.69. The predicted molar refractivity (Wildman–Crippen MR) is 85.4 cm³/mol. The van der Waals surface area contributed by atoms with Gasteiger partial charge in [-0.15, -0.1) is 22.7 Å². The Morgan fingerprint density at radius 2 is 2.19 bits per heavy atom. The molecule has 7 heteroatoms. The summed E-state index contributed by atoms with van der Waals surface area (Å²) in [5.74, 6) is 0.977. The molecule has 0 atom stereocenters. The quantitative estimate of drug-likeness (QED) is 0.606. The predicted octanol–water partition coefficient (Wildman–Crippen LogP) is 3.97. The van der Waals surface area contributed by atoms with Crippen LogP contribution in [0.4, 0.5) is 5.69 Å². The number of anilines is 1. The van der Waals surface area contributed by atoms with Crippen molar-refractivity contribution in [3.05, 3.63) is 34.7 Å². The summed E-state index contributed by atoms with van der Waals surface area (Å²) in [6, 6.07) is 4.01. The zero-order valence-corrected chi connectivity index (χ0v) is 12.7. The molecule has 5 nitrogen and oxygen atoms in total. The van der Waals surface area contributed by atoms with Gasteiger partial charge >= 0.3 is 0 Å². The average molecular weight is 314 g/mol. The Labute approximate surface area is 128 Å². The number of rotatable bonds is 2. The fourth-order valence-electron chi connectivity index (χ4n) is 2.02. The van der Waals surface area contributed by atoms with Gasteiger partial charge in [-0.05, 0) is 35.4 Å². The minimum atomic E-state index is 0.451. The molecule has 4 aromatic heterocycles. The van der Waals surface area contributed by atoms with Crippen molar-refractivity contribution in [3.63, 3.8) is 0 Å². The Kier molecular flexibility index (Phi) is 2.76. The molecule has 0 aliphatic rings. The topological polar surface area (TPSA) is 77.8 Å². The van der Waals surface area contributed by atoms with E-state index < -0.39 is 0 Å². The van der Waals surface area contributed by atoms with Crippen LogP contribution >= 0.6 is 22.7 Å². The summed E-state index contributed by atoms with van der Waals surface area (Å²) in [6.07, 6.45) is 1.76. The van der Waals surface area contributed by atoms with Gasteiger partial charge in [0.25, 0.3) is 5.89 Å². The molecule has 4 heterocycles. The first-order chi connectivity index (χ1) is 10.2. The van der Waals surface area contributed by atoms with Crippen LogP contribution in [-0.2, 0) is 0 Å². The van der Waals surface area contributed by atoms with Crippen LogP contribution in [0.25, 0.3) is 32.4 Å². The Morgan fingerprint density at radius 3 is 3.00 bits per heavy atom. The third kappa shape index (κ3) is 2.01. The molecule has 0 unspecified atom stereocenters. The van der Waals surface area contributed by atoms with E-state index in [4.69, 9.17) is 10.3 Å². The van der Waals surface area contributed by atoms with Gasteiger partial charge in [0.2, 0.25) is 5.82 Å². The number of fused-ring (bicyclic) bond motifs is 1. The molecule has 0 aromatic carbocycles. The maximum Gasteiger partial charge on any atom is 0.270 e. The molecule has 0 saturated carbocycles. The van der Waals surface area contributed by atoms with Crippen LogP contribution in [0.1, 0.15) is 5.56 Å². The van der Waals surface area contributed by atoms with Gasteiger partial charge in [-0.25, -0.2) is 0 Å². The minimum absolute atomic E-state index is 0.451. The normalized spacial score (nSPS) is 11.3. The third-order valence-electron chi connectivity index (χ3n) is 3.20. The van der Waals surface area contributed by atoms with Gasteiger partial charge in [-0.2, -0.15) is 4.98 Å². The first-order valence-electron chi connectivity index (χ1n) is 6.23. The van der Waals surface area contributed by atoms with Gasteiger partial charge in [0.05, 0.1) is 15.9 Å². The van der Waals surface area contributed by atoms with Gasteiger partial charge in [-0.1, -0.05) is 5.16 Å². The summed E-state index contributed by atoms with van der Waals surface area (Å²) in [5, 5.41) is 8.03. The van der Waals surface area contributed by atoms with Gasteiger partial charge in [0.1, 0.15) is 4.88 Å². The van der Waals surface area contributed by atoms with Crippen LogP contribution in [0.15, 0.2) is 33.6 Å². The second-order valence-corrected chi connectivity index (χ2v) is 6.44. The number of aromatic nitrogens is 3. The highest BCUT2D eigenvalue weighted by atomic mass is 32.1. The molecule has 0 aliphatic carbocycles. The van der Waals surface area contributed by atoms with Crippen molar-refractivity contribution in [2.75, 3.05) is 5.73 Å². The molecule has 0 amide bonds. The number of nitrogens with zero attached hydrogens (tertiary/aromatic N) is 3. The number of aryl methyl sites for hydroxylation is 1. The lowest BCUT2D eigenvalue weighted by atomic mass is 10.2. The van der Waals surface area contributed by atoms with E-state index in [1.54, 1.807) is 17.5 Å². The zero-order chi connectivity index (χ0) is 14.4. The van der Waals surface area contributed by atoms with Crippen molar-refractivity contribution in [3.8, 4) is 22.2 Å². The summed E-state index contributed by atoms with van der Waals surface area (Å²) in [4.78, 5) is 9.64. The van der Waals surface area contributed by atoms with E-state index in [-0.39, 0.29) is 0 Å². The van der Waals surface area contributed by atoms with E-state index >= 15 is 0 Å². The van der Waals surface area contributed by atoms with E-state index in [1.165, 1.54) is 11.3 Å². The lowest BCUT2D eigenvalue weighted by Gasteiger charge is -1.94. The van der Waals surface area contributed by atoms with E-state index in [9.17, 15) is 0 Å². The summed E-state index contributed by atoms with van der Waals surface area (Å²) < 4.78 is 6.44. The maximum absolute atomic E-state index is 6.02. The van der Waals surface area contributed by atoms with Crippen molar-refractivity contribution in [1.82, 2.24) is 15.1 Å². The second-order valence-electron chi connectivity index (χ2n) is 4.61. The second kappa shape index (κ2) is 4.64. The van der Waals surface area contributed by atoms with Crippen LogP contribution in [0, 0.1) is 6.92 Å². The van der Waals surface area contributed by atoms with Crippen LogP contribution in [0.2, 0.25) is 0 Å². The molecule has 0 bridgehead atoms. The van der Waals surface area contributed by atoms with Gasteiger partial charge < -0.3 is 10.3 Å². The number of nitrogens with two attached hydrogens (primary N) is 1. The van der Waals surface area contributed by atoms with Gasteiger partial charge in [0.15, 0.2) is 0 Å². The van der Waals surface area contributed by atoms with Crippen molar-refractivity contribution in [2.24, 2.45) is 0 Å². The largest absolute Gasteiger partial charge is 0.397 e. The molecule has 4 rings (SSSR count). The first kappa shape index (κ1) is 12.5. The standard InChI is InChI=1S/C14H10N4OS2/c1-7-6-21-12(11(7)15)14-17-13(18-19-14)8-4-10-9(16-5-8)2-3-20-10/h2-6H,15H2,1H3. The van der Waals surface area contributed by atoms with Crippen LogP contribution < -0.4 is 5.73 Å². The SMILES string of the molecule is Cc1csc(-c2nc(-c3cnc4ccsc4c3)no2)c1N. The summed E-state index contributed by atoms with van der Waals surface area (Å²) >= 11 is 3.15. The van der Waals surface area contributed by atoms with Gasteiger partial charge in [0, 0.05) is 11.8 Å². The number of hydrogen-bond donors (Lipinski definition) is 1. The lowest BCUT2D eigenvalue weighted by molar-refractivity contribution is 0.433.